The van der Waals surface area contributed by atoms with E-state index in [1.54, 1.807) is 4.90 Å². The number of amides is 1. The Labute approximate surface area is 115 Å². The van der Waals surface area contributed by atoms with E-state index in [4.69, 9.17) is 10.8 Å². The van der Waals surface area contributed by atoms with Crippen LogP contribution in [0.3, 0.4) is 0 Å². The minimum Gasteiger partial charge on any atom is -0.481 e. The SMILES string of the molecule is CCCCCN(CC)C(=O)C(CC(=O)O)NCCN. The van der Waals surface area contributed by atoms with Gasteiger partial charge in [0, 0.05) is 26.2 Å². The molecule has 0 fully saturated rings. The number of nitrogens with two attached hydrogens (primary N) is 1. The van der Waals surface area contributed by atoms with E-state index < -0.39 is 12.0 Å². The zero-order chi connectivity index (χ0) is 14.7. The van der Waals surface area contributed by atoms with E-state index in [0.717, 1.165) is 19.3 Å². The van der Waals surface area contributed by atoms with Crippen LogP contribution in [0.1, 0.15) is 39.5 Å². The molecule has 0 bridgehead atoms. The molecular weight excluding hydrogens is 246 g/mol. The van der Waals surface area contributed by atoms with Crippen LogP contribution in [0.5, 0.6) is 0 Å². The Kier molecular flexibility index (Phi) is 10.1. The molecule has 112 valence electrons. The average Bonchev–Trinajstić information content (AvgIpc) is 2.38. The molecule has 0 aliphatic rings. The highest BCUT2D eigenvalue weighted by Crippen LogP contribution is 2.04. The van der Waals surface area contributed by atoms with Crippen LogP contribution in [0.2, 0.25) is 0 Å². The second-order valence-electron chi connectivity index (χ2n) is 4.52. The number of unbranched alkanes of at least 4 members (excludes halogenated alkanes) is 2. The van der Waals surface area contributed by atoms with Crippen LogP contribution < -0.4 is 11.1 Å². The molecule has 0 aromatic rings. The summed E-state index contributed by atoms with van der Waals surface area (Å²) >= 11 is 0. The number of carbonyl (C=O) groups is 2. The third-order valence-corrected chi connectivity index (χ3v) is 2.94. The molecule has 0 aliphatic carbocycles. The van der Waals surface area contributed by atoms with Crippen molar-refractivity contribution in [1.82, 2.24) is 10.2 Å². The molecule has 1 atom stereocenters. The summed E-state index contributed by atoms with van der Waals surface area (Å²) in [6.45, 7) is 6.12. The zero-order valence-corrected chi connectivity index (χ0v) is 12.0. The number of rotatable bonds is 11. The second kappa shape index (κ2) is 10.8. The number of hydrogen-bond donors (Lipinski definition) is 3. The number of nitrogens with one attached hydrogen (secondary N) is 1. The summed E-state index contributed by atoms with van der Waals surface area (Å²) in [6.07, 6.45) is 2.91. The highest BCUT2D eigenvalue weighted by molar-refractivity contribution is 5.86. The van der Waals surface area contributed by atoms with Gasteiger partial charge >= 0.3 is 5.97 Å². The number of nitrogens with zero attached hydrogens (tertiary/aromatic N) is 1. The van der Waals surface area contributed by atoms with Gasteiger partial charge in [0.15, 0.2) is 0 Å². The van der Waals surface area contributed by atoms with Gasteiger partial charge in [0.05, 0.1) is 12.5 Å². The molecule has 4 N–H and O–H groups in total. The molecule has 19 heavy (non-hydrogen) atoms. The quantitative estimate of drug-likeness (QED) is 0.474. The van der Waals surface area contributed by atoms with E-state index in [0.29, 0.717) is 26.2 Å². The van der Waals surface area contributed by atoms with Crippen molar-refractivity contribution in [2.45, 2.75) is 45.6 Å². The molecule has 0 spiro atoms. The molecule has 0 saturated carbocycles. The van der Waals surface area contributed by atoms with Crippen molar-refractivity contribution in [2.24, 2.45) is 5.73 Å². The average molecular weight is 273 g/mol. The molecule has 1 unspecified atom stereocenters. The number of carboxylic acids is 1. The van der Waals surface area contributed by atoms with Gasteiger partial charge in [-0.15, -0.1) is 0 Å². The molecule has 0 rings (SSSR count). The monoisotopic (exact) mass is 273 g/mol. The highest BCUT2D eigenvalue weighted by Gasteiger charge is 2.24. The van der Waals surface area contributed by atoms with Crippen molar-refractivity contribution in [2.75, 3.05) is 26.2 Å². The van der Waals surface area contributed by atoms with Crippen molar-refractivity contribution in [3.8, 4) is 0 Å². The fourth-order valence-electron chi connectivity index (χ4n) is 1.88. The predicted molar refractivity (Wildman–Crippen MR) is 74.9 cm³/mol. The zero-order valence-electron chi connectivity index (χ0n) is 12.0. The number of likely N-dealkylation sites (N-methyl/N-ethyl adjacent to an activating group) is 1. The summed E-state index contributed by atoms with van der Waals surface area (Å²) in [6, 6.07) is -0.678. The first-order valence-corrected chi connectivity index (χ1v) is 7.00. The van der Waals surface area contributed by atoms with Gasteiger partial charge in [0.2, 0.25) is 5.91 Å². The van der Waals surface area contributed by atoms with Gasteiger partial charge in [0.1, 0.15) is 0 Å². The first-order valence-electron chi connectivity index (χ1n) is 7.00. The van der Waals surface area contributed by atoms with Gasteiger partial charge in [0.25, 0.3) is 0 Å². The van der Waals surface area contributed by atoms with Crippen molar-refractivity contribution in [3.63, 3.8) is 0 Å². The minimum atomic E-state index is -0.979. The number of carboxylic acid groups (broad SMARTS) is 1. The lowest BCUT2D eigenvalue weighted by molar-refractivity contribution is -0.142. The van der Waals surface area contributed by atoms with Gasteiger partial charge in [-0.3, -0.25) is 9.59 Å². The first-order chi connectivity index (χ1) is 9.06. The van der Waals surface area contributed by atoms with Gasteiger partial charge in [-0.2, -0.15) is 0 Å². The van der Waals surface area contributed by atoms with Gasteiger partial charge in [-0.1, -0.05) is 19.8 Å². The topological polar surface area (TPSA) is 95.7 Å². The van der Waals surface area contributed by atoms with Crippen LogP contribution in [-0.4, -0.2) is 54.1 Å². The van der Waals surface area contributed by atoms with E-state index in [1.807, 2.05) is 6.92 Å². The Balaban J connectivity index is 4.48. The molecule has 0 aromatic heterocycles. The molecule has 1 amide bonds. The van der Waals surface area contributed by atoms with Gasteiger partial charge in [-0.25, -0.2) is 0 Å². The summed E-state index contributed by atoms with van der Waals surface area (Å²) < 4.78 is 0. The Morgan fingerprint density at radius 1 is 1.32 bits per heavy atom. The smallest absolute Gasteiger partial charge is 0.305 e. The molecule has 6 heteroatoms. The molecule has 0 heterocycles. The first kappa shape index (κ1) is 17.9. The van der Waals surface area contributed by atoms with Crippen molar-refractivity contribution >= 4 is 11.9 Å². The lowest BCUT2D eigenvalue weighted by Crippen LogP contribution is -2.49. The van der Waals surface area contributed by atoms with Crippen LogP contribution in [0.15, 0.2) is 0 Å². The van der Waals surface area contributed by atoms with Gasteiger partial charge < -0.3 is 21.1 Å². The van der Waals surface area contributed by atoms with Crippen molar-refractivity contribution in [3.05, 3.63) is 0 Å². The summed E-state index contributed by atoms with van der Waals surface area (Å²) in [7, 11) is 0. The fourth-order valence-corrected chi connectivity index (χ4v) is 1.88. The molecular formula is C13H27N3O3. The Morgan fingerprint density at radius 3 is 2.47 bits per heavy atom. The summed E-state index contributed by atoms with van der Waals surface area (Å²) in [4.78, 5) is 24.8. The number of hydrogen-bond acceptors (Lipinski definition) is 4. The Bertz CT molecular complexity index is 272. The van der Waals surface area contributed by atoms with Crippen LogP contribution in [0.4, 0.5) is 0 Å². The largest absolute Gasteiger partial charge is 0.481 e. The summed E-state index contributed by atoms with van der Waals surface area (Å²) in [5, 5.41) is 11.8. The molecule has 0 saturated heterocycles. The summed E-state index contributed by atoms with van der Waals surface area (Å²) in [5.74, 6) is -1.12. The highest BCUT2D eigenvalue weighted by atomic mass is 16.4. The van der Waals surface area contributed by atoms with E-state index in [1.165, 1.54) is 0 Å². The molecule has 0 radical (unpaired) electrons. The lowest BCUT2D eigenvalue weighted by atomic mass is 10.1. The predicted octanol–water partition coefficient (Wildman–Crippen LogP) is 0.417. The van der Waals surface area contributed by atoms with Crippen molar-refractivity contribution in [1.29, 1.82) is 0 Å². The van der Waals surface area contributed by atoms with Crippen LogP contribution >= 0.6 is 0 Å². The maximum atomic E-state index is 12.3. The van der Waals surface area contributed by atoms with E-state index in [2.05, 4.69) is 12.2 Å². The maximum absolute atomic E-state index is 12.3. The summed E-state index contributed by atoms with van der Waals surface area (Å²) in [5.41, 5.74) is 5.38. The third kappa shape index (κ3) is 7.79. The Morgan fingerprint density at radius 2 is 2.00 bits per heavy atom. The fraction of sp³-hybridized carbons (Fsp3) is 0.846. The van der Waals surface area contributed by atoms with E-state index in [-0.39, 0.29) is 12.3 Å². The second-order valence-corrected chi connectivity index (χ2v) is 4.52. The molecule has 0 aliphatic heterocycles. The number of aliphatic carboxylic acids is 1. The molecule has 6 nitrogen and oxygen atoms in total. The lowest BCUT2D eigenvalue weighted by Gasteiger charge is -2.26. The van der Waals surface area contributed by atoms with Crippen LogP contribution in [0, 0.1) is 0 Å². The van der Waals surface area contributed by atoms with Crippen LogP contribution in [-0.2, 0) is 9.59 Å². The van der Waals surface area contributed by atoms with Crippen LogP contribution in [0.25, 0.3) is 0 Å². The number of carbonyl (C=O) groups excluding carboxylic acids is 1. The maximum Gasteiger partial charge on any atom is 0.305 e. The normalized spacial score (nSPS) is 12.2. The standard InChI is InChI=1S/C13H27N3O3/c1-3-5-6-9-16(4-2)13(19)11(10-12(17)18)15-8-7-14/h11,15H,3-10,14H2,1-2H3,(H,17,18). The van der Waals surface area contributed by atoms with Crippen molar-refractivity contribution < 1.29 is 14.7 Å². The van der Waals surface area contributed by atoms with E-state index in [9.17, 15) is 9.59 Å². The third-order valence-electron chi connectivity index (χ3n) is 2.94. The van der Waals surface area contributed by atoms with E-state index >= 15 is 0 Å². The molecule has 0 aromatic carbocycles. The van der Waals surface area contributed by atoms with Gasteiger partial charge in [-0.05, 0) is 13.3 Å². The Hall–Kier alpha value is -1.14. The minimum absolute atomic E-state index is 0.144.